The fourth-order valence-corrected chi connectivity index (χ4v) is 3.17. The largest absolute Gasteiger partial charge is 0.465 e. The Hall–Kier alpha value is -3.65. The van der Waals surface area contributed by atoms with Gasteiger partial charge in [0.2, 0.25) is 0 Å². The number of hydrogen-bond donors (Lipinski definition) is 2. The molecule has 8 nitrogen and oxygen atoms in total. The molecule has 2 aromatic carbocycles. The first-order chi connectivity index (χ1) is 14.4. The number of nitrogens with zero attached hydrogens (tertiary/aromatic N) is 2. The molecule has 8 heteroatoms. The third-order valence-corrected chi connectivity index (χ3v) is 4.90. The van der Waals surface area contributed by atoms with Crippen molar-refractivity contribution >= 4 is 17.6 Å². The Morgan fingerprint density at radius 2 is 1.73 bits per heavy atom. The van der Waals surface area contributed by atoms with E-state index in [1.807, 2.05) is 47.8 Å². The van der Waals surface area contributed by atoms with Crippen LogP contribution < -0.4 is 16.2 Å². The lowest BCUT2D eigenvalue weighted by atomic mass is 10.1. The minimum Gasteiger partial charge on any atom is -0.465 e. The van der Waals surface area contributed by atoms with Crippen molar-refractivity contribution in [3.63, 3.8) is 0 Å². The Labute approximate surface area is 174 Å². The predicted molar refractivity (Wildman–Crippen MR) is 113 cm³/mol. The van der Waals surface area contributed by atoms with Crippen molar-refractivity contribution in [3.05, 3.63) is 81.8 Å². The lowest BCUT2D eigenvalue weighted by Crippen LogP contribution is -2.84. The number of carbonyl (C=O) groups is 2. The third-order valence-electron chi connectivity index (χ3n) is 4.90. The van der Waals surface area contributed by atoms with Gasteiger partial charge in [0.1, 0.15) is 12.2 Å². The molecule has 0 fully saturated rings. The Morgan fingerprint density at radius 3 is 2.37 bits per heavy atom. The number of nitrogens with two attached hydrogens (primary N) is 1. The minimum atomic E-state index is -0.385. The molecule has 0 aliphatic carbocycles. The first kappa shape index (κ1) is 21.1. The number of esters is 1. The van der Waals surface area contributed by atoms with Gasteiger partial charge in [0.05, 0.1) is 24.1 Å². The molecule has 0 bridgehead atoms. The molecule has 1 amide bonds. The van der Waals surface area contributed by atoms with Gasteiger partial charge in [-0.2, -0.15) is 0 Å². The molecule has 0 saturated heterocycles. The van der Waals surface area contributed by atoms with Crippen LogP contribution in [0.4, 0.5) is 5.69 Å². The number of nitrogens with one attached hydrogen (secondary N) is 1. The summed E-state index contributed by atoms with van der Waals surface area (Å²) in [5, 5.41) is 4.57. The quantitative estimate of drug-likeness (QED) is 0.568. The fraction of sp³-hybridized carbons (Fsp3) is 0.227. The van der Waals surface area contributed by atoms with E-state index in [0.717, 1.165) is 11.3 Å². The maximum atomic E-state index is 12.8. The summed E-state index contributed by atoms with van der Waals surface area (Å²) >= 11 is 0. The van der Waals surface area contributed by atoms with Crippen LogP contribution in [0.2, 0.25) is 0 Å². The zero-order valence-corrected chi connectivity index (χ0v) is 17.2. The molecule has 3 rings (SSSR count). The monoisotopic (exact) mass is 409 g/mol. The third kappa shape index (κ3) is 4.49. The number of rotatable bonds is 7. The summed E-state index contributed by atoms with van der Waals surface area (Å²) in [6.07, 6.45) is 0. The molecule has 1 heterocycles. The van der Waals surface area contributed by atoms with E-state index in [9.17, 15) is 14.4 Å². The number of methoxy groups -OCH3 is 1. The molecule has 0 aliphatic heterocycles. The van der Waals surface area contributed by atoms with Gasteiger partial charge in [-0.3, -0.25) is 14.3 Å². The Morgan fingerprint density at radius 1 is 1.07 bits per heavy atom. The van der Waals surface area contributed by atoms with Crippen LogP contribution in [0, 0.1) is 6.92 Å². The van der Waals surface area contributed by atoms with Gasteiger partial charge in [0.15, 0.2) is 6.54 Å². The fourth-order valence-electron chi connectivity index (χ4n) is 3.17. The lowest BCUT2D eigenvalue weighted by molar-refractivity contribution is -0.659. The maximum absolute atomic E-state index is 12.8. The number of anilines is 1. The highest BCUT2D eigenvalue weighted by molar-refractivity contribution is 5.91. The number of carbonyl (C=O) groups excluding carboxylic acids is 2. The van der Waals surface area contributed by atoms with Crippen molar-refractivity contribution in [2.24, 2.45) is 7.05 Å². The zero-order valence-electron chi connectivity index (χ0n) is 17.2. The standard InChI is InChI=1S/C22H24N4O4/c1-15-20(21(28)26(25(15)2)18-7-5-4-6-8-18)24-19(27)14-23-13-16-9-11-17(12-10-16)22(29)30-3/h4-12,23H,13-14H2,1-3H3,(H,24,27)/p+1. The summed E-state index contributed by atoms with van der Waals surface area (Å²) in [4.78, 5) is 36.7. The van der Waals surface area contributed by atoms with Gasteiger partial charge in [0.25, 0.3) is 11.5 Å². The normalized spacial score (nSPS) is 10.6. The SMILES string of the molecule is COC(=O)c1ccc(C[NH2+]CC(=O)Nc2c(C)n(C)n(-c3ccccc3)c2=O)cc1. The Balaban J connectivity index is 1.62. The average Bonchev–Trinajstić information content (AvgIpc) is 2.97. The molecule has 156 valence electrons. The van der Waals surface area contributed by atoms with E-state index in [0.29, 0.717) is 17.8 Å². The van der Waals surface area contributed by atoms with E-state index >= 15 is 0 Å². The second-order valence-electron chi connectivity index (χ2n) is 6.87. The molecule has 0 saturated carbocycles. The van der Waals surface area contributed by atoms with E-state index < -0.39 is 0 Å². The molecule has 0 unspecified atom stereocenters. The van der Waals surface area contributed by atoms with Gasteiger partial charge in [-0.05, 0) is 31.2 Å². The first-order valence-electron chi connectivity index (χ1n) is 9.55. The zero-order chi connectivity index (χ0) is 21.7. The van der Waals surface area contributed by atoms with Gasteiger partial charge in [-0.1, -0.05) is 30.3 Å². The van der Waals surface area contributed by atoms with Gasteiger partial charge in [-0.25, -0.2) is 9.48 Å². The van der Waals surface area contributed by atoms with E-state index in [-0.39, 0.29) is 29.7 Å². The van der Waals surface area contributed by atoms with Crippen LogP contribution in [0.5, 0.6) is 0 Å². The highest BCUT2D eigenvalue weighted by atomic mass is 16.5. The molecular weight excluding hydrogens is 384 g/mol. The lowest BCUT2D eigenvalue weighted by Gasteiger charge is -2.07. The van der Waals surface area contributed by atoms with Gasteiger partial charge >= 0.3 is 5.97 Å². The highest BCUT2D eigenvalue weighted by Crippen LogP contribution is 2.13. The van der Waals surface area contributed by atoms with Crippen LogP contribution in [-0.4, -0.2) is 34.9 Å². The summed E-state index contributed by atoms with van der Waals surface area (Å²) in [6, 6.07) is 16.3. The molecule has 3 aromatic rings. The second-order valence-corrected chi connectivity index (χ2v) is 6.87. The number of hydrogen-bond acceptors (Lipinski definition) is 4. The summed E-state index contributed by atoms with van der Waals surface area (Å²) < 4.78 is 7.92. The molecule has 0 aliphatic rings. The summed E-state index contributed by atoms with van der Waals surface area (Å²) in [7, 11) is 3.12. The average molecular weight is 409 g/mol. The summed E-state index contributed by atoms with van der Waals surface area (Å²) in [5.74, 6) is -0.642. The molecule has 1 aromatic heterocycles. The first-order valence-corrected chi connectivity index (χ1v) is 9.55. The van der Waals surface area contributed by atoms with E-state index in [1.54, 1.807) is 30.8 Å². The second kappa shape index (κ2) is 9.23. The Kier molecular flexibility index (Phi) is 6.48. The predicted octanol–water partition coefficient (Wildman–Crippen LogP) is 0.973. The van der Waals surface area contributed by atoms with Crippen molar-refractivity contribution in [2.45, 2.75) is 13.5 Å². The van der Waals surface area contributed by atoms with Crippen LogP contribution in [0.1, 0.15) is 21.6 Å². The maximum Gasteiger partial charge on any atom is 0.337 e. The van der Waals surface area contributed by atoms with Crippen LogP contribution in [0.25, 0.3) is 5.69 Å². The van der Waals surface area contributed by atoms with Crippen LogP contribution in [0.15, 0.2) is 59.4 Å². The van der Waals surface area contributed by atoms with Crippen LogP contribution in [-0.2, 0) is 23.1 Å². The minimum absolute atomic E-state index is 0.165. The number of ether oxygens (including phenoxy) is 1. The number of quaternary nitrogens is 1. The topological polar surface area (TPSA) is 98.9 Å². The number of benzene rings is 2. The van der Waals surface area contributed by atoms with E-state index in [1.165, 1.54) is 11.8 Å². The van der Waals surface area contributed by atoms with E-state index in [2.05, 4.69) is 10.1 Å². The van der Waals surface area contributed by atoms with Crippen molar-refractivity contribution in [2.75, 3.05) is 19.0 Å². The van der Waals surface area contributed by atoms with Crippen LogP contribution >= 0.6 is 0 Å². The van der Waals surface area contributed by atoms with Crippen molar-refractivity contribution in [1.82, 2.24) is 9.36 Å². The van der Waals surface area contributed by atoms with Crippen molar-refractivity contribution in [3.8, 4) is 5.69 Å². The molecule has 0 atom stereocenters. The molecule has 0 spiro atoms. The Bertz CT molecular complexity index is 1100. The smallest absolute Gasteiger partial charge is 0.337 e. The van der Waals surface area contributed by atoms with Crippen LogP contribution in [0.3, 0.4) is 0 Å². The van der Waals surface area contributed by atoms with Crippen molar-refractivity contribution < 1.29 is 19.6 Å². The number of amides is 1. The van der Waals surface area contributed by atoms with Crippen molar-refractivity contribution in [1.29, 1.82) is 0 Å². The van der Waals surface area contributed by atoms with Gasteiger partial charge in [0, 0.05) is 12.6 Å². The molecule has 3 N–H and O–H groups in total. The van der Waals surface area contributed by atoms with Gasteiger partial charge < -0.3 is 15.4 Å². The van der Waals surface area contributed by atoms with E-state index in [4.69, 9.17) is 0 Å². The molecular formula is C22H25N4O4+. The summed E-state index contributed by atoms with van der Waals surface area (Å²) in [5.41, 5.74) is 2.87. The number of para-hydroxylation sites is 1. The molecule has 30 heavy (non-hydrogen) atoms. The summed E-state index contributed by atoms with van der Waals surface area (Å²) in [6.45, 7) is 2.53. The number of aromatic nitrogens is 2. The van der Waals surface area contributed by atoms with Gasteiger partial charge in [-0.15, -0.1) is 0 Å². The highest BCUT2D eigenvalue weighted by Gasteiger charge is 2.18. The molecule has 0 radical (unpaired) electrons.